The molecule has 6 nitrogen and oxygen atoms in total. The van der Waals surface area contributed by atoms with Crippen LogP contribution in [0.4, 0.5) is 0 Å². The van der Waals surface area contributed by atoms with Crippen molar-refractivity contribution in [2.75, 3.05) is 13.2 Å². The second-order valence-electron chi connectivity index (χ2n) is 8.42. The molecular weight excluding hydrogens is 416 g/mol. The molecule has 1 saturated carbocycles. The first-order valence-electron chi connectivity index (χ1n) is 11.2. The third kappa shape index (κ3) is 4.65. The van der Waals surface area contributed by atoms with E-state index in [1.165, 1.54) is 0 Å². The Labute approximate surface area is 192 Å². The van der Waals surface area contributed by atoms with Crippen molar-refractivity contribution < 1.29 is 19.1 Å². The summed E-state index contributed by atoms with van der Waals surface area (Å²) in [6, 6.07) is 20.6. The zero-order valence-electron chi connectivity index (χ0n) is 18.1. The Kier molecular flexibility index (Phi) is 5.65. The Balaban J connectivity index is 1.12. The standard InChI is InChI=1S/C27H24N2O4/c30-25(29-19-8-9-19)16-33-20-10-5-17(6-11-20)13-14-28-27(32)18-7-12-22-21-3-1-2-4-23(21)26(31)24(22)15-18/h1-7,10-12,15,19H,8-9,13-14,16H2,(H,28,32)(H,29,30). The Hall–Kier alpha value is -3.93. The number of nitrogens with one attached hydrogen (secondary N) is 2. The van der Waals surface area contributed by atoms with Crippen LogP contribution in [0.3, 0.4) is 0 Å². The van der Waals surface area contributed by atoms with Crippen LogP contribution in [0.2, 0.25) is 0 Å². The summed E-state index contributed by atoms with van der Waals surface area (Å²) in [7, 11) is 0. The van der Waals surface area contributed by atoms with Crippen LogP contribution in [-0.4, -0.2) is 36.8 Å². The number of carbonyl (C=O) groups excluding carboxylic acids is 3. The van der Waals surface area contributed by atoms with Gasteiger partial charge in [-0.2, -0.15) is 0 Å². The largest absolute Gasteiger partial charge is 0.484 e. The topological polar surface area (TPSA) is 84.5 Å². The van der Waals surface area contributed by atoms with Gasteiger partial charge in [0.25, 0.3) is 11.8 Å². The maximum absolute atomic E-state index is 12.7. The lowest BCUT2D eigenvalue weighted by molar-refractivity contribution is -0.123. The molecule has 3 aromatic rings. The summed E-state index contributed by atoms with van der Waals surface area (Å²) in [4.78, 5) is 37.0. The first-order chi connectivity index (χ1) is 16.1. The molecule has 6 heteroatoms. The van der Waals surface area contributed by atoms with Crippen molar-refractivity contribution in [2.24, 2.45) is 0 Å². The van der Waals surface area contributed by atoms with Gasteiger partial charge in [0.05, 0.1) is 0 Å². The van der Waals surface area contributed by atoms with Gasteiger partial charge in [-0.1, -0.05) is 42.5 Å². The van der Waals surface area contributed by atoms with Crippen molar-refractivity contribution in [3.63, 3.8) is 0 Å². The van der Waals surface area contributed by atoms with Gasteiger partial charge >= 0.3 is 0 Å². The Morgan fingerprint density at radius 2 is 1.61 bits per heavy atom. The molecule has 33 heavy (non-hydrogen) atoms. The minimum absolute atomic E-state index is 0.0142. The van der Waals surface area contributed by atoms with Gasteiger partial charge in [0.2, 0.25) is 0 Å². The predicted octanol–water partition coefficient (Wildman–Crippen LogP) is 3.53. The van der Waals surface area contributed by atoms with Crippen molar-refractivity contribution in [1.82, 2.24) is 10.6 Å². The summed E-state index contributed by atoms with van der Waals surface area (Å²) in [6.45, 7) is 0.481. The summed E-state index contributed by atoms with van der Waals surface area (Å²) in [6.07, 6.45) is 2.76. The second kappa shape index (κ2) is 8.90. The van der Waals surface area contributed by atoms with Crippen molar-refractivity contribution in [2.45, 2.75) is 25.3 Å². The molecule has 166 valence electrons. The molecule has 2 aliphatic rings. The van der Waals surface area contributed by atoms with E-state index < -0.39 is 0 Å². The van der Waals surface area contributed by atoms with Crippen LogP contribution in [0, 0.1) is 0 Å². The summed E-state index contributed by atoms with van der Waals surface area (Å²) in [5.74, 6) is 0.296. The van der Waals surface area contributed by atoms with Crippen molar-refractivity contribution in [1.29, 1.82) is 0 Å². The molecule has 2 N–H and O–H groups in total. The fourth-order valence-corrected chi connectivity index (χ4v) is 3.99. The molecule has 5 rings (SSSR count). The molecule has 0 aliphatic heterocycles. The van der Waals surface area contributed by atoms with E-state index in [4.69, 9.17) is 4.74 Å². The number of hydrogen-bond acceptors (Lipinski definition) is 4. The van der Waals surface area contributed by atoms with Gasteiger partial charge in [0.1, 0.15) is 5.75 Å². The van der Waals surface area contributed by atoms with Crippen LogP contribution in [0.25, 0.3) is 11.1 Å². The Morgan fingerprint density at radius 3 is 2.36 bits per heavy atom. The SMILES string of the molecule is O=C(COc1ccc(CCNC(=O)c2ccc3c(c2)C(=O)c2ccccc2-3)cc1)NC1CC1. The maximum Gasteiger partial charge on any atom is 0.258 e. The third-order valence-electron chi connectivity index (χ3n) is 5.92. The van der Waals surface area contributed by atoms with Gasteiger partial charge in [-0.3, -0.25) is 14.4 Å². The molecule has 1 fully saturated rings. The zero-order chi connectivity index (χ0) is 22.8. The van der Waals surface area contributed by atoms with E-state index in [1.807, 2.05) is 54.6 Å². The molecule has 0 aromatic heterocycles. The summed E-state index contributed by atoms with van der Waals surface area (Å²) >= 11 is 0. The van der Waals surface area contributed by atoms with Crippen molar-refractivity contribution >= 4 is 17.6 Å². The molecule has 0 radical (unpaired) electrons. The molecule has 0 spiro atoms. The minimum atomic E-state index is -0.205. The smallest absolute Gasteiger partial charge is 0.258 e. The average Bonchev–Trinajstić information content (AvgIpc) is 3.61. The predicted molar refractivity (Wildman–Crippen MR) is 124 cm³/mol. The van der Waals surface area contributed by atoms with Crippen LogP contribution in [-0.2, 0) is 11.2 Å². The lowest BCUT2D eigenvalue weighted by Crippen LogP contribution is -2.30. The van der Waals surface area contributed by atoms with Crippen LogP contribution >= 0.6 is 0 Å². The molecule has 0 heterocycles. The van der Waals surface area contributed by atoms with Gasteiger partial charge < -0.3 is 15.4 Å². The molecule has 2 aliphatic carbocycles. The number of carbonyl (C=O) groups is 3. The number of fused-ring (bicyclic) bond motifs is 3. The van der Waals surface area contributed by atoms with E-state index in [9.17, 15) is 14.4 Å². The molecule has 0 unspecified atom stereocenters. The number of hydrogen-bond donors (Lipinski definition) is 2. The Morgan fingerprint density at radius 1 is 0.879 bits per heavy atom. The highest BCUT2D eigenvalue weighted by Gasteiger charge is 2.27. The third-order valence-corrected chi connectivity index (χ3v) is 5.92. The molecule has 0 atom stereocenters. The normalized spacial score (nSPS) is 13.8. The first kappa shape index (κ1) is 20.9. The number of benzene rings is 3. The van der Waals surface area contributed by atoms with E-state index >= 15 is 0 Å². The molecule has 0 bridgehead atoms. The van der Waals surface area contributed by atoms with Gasteiger partial charge in [0.15, 0.2) is 12.4 Å². The van der Waals surface area contributed by atoms with Crippen LogP contribution in [0.5, 0.6) is 5.75 Å². The molecule has 0 saturated heterocycles. The van der Waals surface area contributed by atoms with Crippen molar-refractivity contribution in [3.05, 3.63) is 89.0 Å². The quantitative estimate of drug-likeness (QED) is 0.439. The summed E-state index contributed by atoms with van der Waals surface area (Å²) in [5.41, 5.74) is 4.57. The van der Waals surface area contributed by atoms with Gasteiger partial charge in [-0.05, 0) is 60.2 Å². The summed E-state index contributed by atoms with van der Waals surface area (Å²) < 4.78 is 5.51. The molecule has 2 amide bonds. The summed E-state index contributed by atoms with van der Waals surface area (Å²) in [5, 5.41) is 5.80. The van der Waals surface area contributed by atoms with Gasteiger partial charge in [-0.15, -0.1) is 0 Å². The highest BCUT2D eigenvalue weighted by atomic mass is 16.5. The molecular formula is C27H24N2O4. The highest BCUT2D eigenvalue weighted by Crippen LogP contribution is 2.36. The Bertz CT molecular complexity index is 1230. The van der Waals surface area contributed by atoms with E-state index in [-0.39, 0.29) is 24.2 Å². The van der Waals surface area contributed by atoms with E-state index in [2.05, 4.69) is 10.6 Å². The lowest BCUT2D eigenvalue weighted by atomic mass is 10.0. The van der Waals surface area contributed by atoms with Crippen molar-refractivity contribution in [3.8, 4) is 16.9 Å². The number of amides is 2. The monoisotopic (exact) mass is 440 g/mol. The minimum Gasteiger partial charge on any atom is -0.484 e. The fraction of sp³-hybridized carbons (Fsp3) is 0.222. The van der Waals surface area contributed by atoms with Gasteiger partial charge in [-0.25, -0.2) is 0 Å². The van der Waals surface area contributed by atoms with Gasteiger partial charge in [0, 0.05) is 29.3 Å². The average molecular weight is 440 g/mol. The highest BCUT2D eigenvalue weighted by molar-refractivity contribution is 6.22. The second-order valence-corrected chi connectivity index (χ2v) is 8.42. The zero-order valence-corrected chi connectivity index (χ0v) is 18.1. The lowest BCUT2D eigenvalue weighted by Gasteiger charge is -2.09. The van der Waals surface area contributed by atoms with E-state index in [0.717, 1.165) is 29.5 Å². The first-order valence-corrected chi connectivity index (χ1v) is 11.2. The number of ether oxygens (including phenoxy) is 1. The van der Waals surface area contributed by atoms with E-state index in [1.54, 1.807) is 12.1 Å². The van der Waals surface area contributed by atoms with Crippen LogP contribution < -0.4 is 15.4 Å². The molecule has 3 aromatic carbocycles. The fourth-order valence-electron chi connectivity index (χ4n) is 3.99. The van der Waals surface area contributed by atoms with Crippen LogP contribution in [0.1, 0.15) is 44.7 Å². The number of ketones is 1. The number of rotatable bonds is 8. The maximum atomic E-state index is 12.7. The van der Waals surface area contributed by atoms with E-state index in [0.29, 0.717) is 41.4 Å². The van der Waals surface area contributed by atoms with Crippen LogP contribution in [0.15, 0.2) is 66.7 Å².